The molecular weight excluding hydrogens is 202 g/mol. The molecule has 1 unspecified atom stereocenters. The van der Waals surface area contributed by atoms with E-state index in [1.807, 2.05) is 24.3 Å². The fraction of sp³-hybridized carbons (Fsp3) is 0.385. The lowest BCUT2D eigenvalue weighted by Crippen LogP contribution is -2.16. The van der Waals surface area contributed by atoms with Crippen molar-refractivity contribution in [3.8, 4) is 0 Å². The van der Waals surface area contributed by atoms with Crippen LogP contribution in [0.3, 0.4) is 0 Å². The van der Waals surface area contributed by atoms with Crippen molar-refractivity contribution in [2.45, 2.75) is 13.3 Å². The van der Waals surface area contributed by atoms with Crippen LogP contribution in [0.25, 0.3) is 11.0 Å². The van der Waals surface area contributed by atoms with Gasteiger partial charge in [0.25, 0.3) is 0 Å². The van der Waals surface area contributed by atoms with Crippen molar-refractivity contribution in [3.05, 3.63) is 30.5 Å². The van der Waals surface area contributed by atoms with Gasteiger partial charge < -0.3 is 14.8 Å². The lowest BCUT2D eigenvalue weighted by molar-refractivity contribution is 0.230. The van der Waals surface area contributed by atoms with Crippen molar-refractivity contribution < 1.29 is 9.52 Å². The van der Waals surface area contributed by atoms with Gasteiger partial charge >= 0.3 is 0 Å². The minimum absolute atomic E-state index is 0.222. The average Bonchev–Trinajstić information content (AvgIpc) is 2.74. The van der Waals surface area contributed by atoms with Gasteiger partial charge in [-0.25, -0.2) is 0 Å². The van der Waals surface area contributed by atoms with Crippen molar-refractivity contribution in [1.82, 2.24) is 0 Å². The van der Waals surface area contributed by atoms with Crippen LogP contribution in [-0.4, -0.2) is 18.3 Å². The number of aliphatic hydroxyl groups is 1. The molecule has 3 nitrogen and oxygen atoms in total. The first-order valence-corrected chi connectivity index (χ1v) is 5.66. The average molecular weight is 219 g/mol. The molecule has 0 amide bonds. The van der Waals surface area contributed by atoms with Crippen molar-refractivity contribution in [3.63, 3.8) is 0 Å². The standard InChI is InChI=1S/C13H17NO2/c1-2-10(8-15)7-14-12-9-16-13-6-4-3-5-11(12)13/h3-6,9-10,14-15H,2,7-8H2,1H3. The Bertz CT molecular complexity index is 446. The van der Waals surface area contributed by atoms with Gasteiger partial charge in [0.2, 0.25) is 0 Å². The molecule has 86 valence electrons. The highest BCUT2D eigenvalue weighted by Crippen LogP contribution is 2.25. The smallest absolute Gasteiger partial charge is 0.136 e. The number of para-hydroxylation sites is 1. The van der Waals surface area contributed by atoms with Crippen molar-refractivity contribution in [2.24, 2.45) is 5.92 Å². The molecule has 0 aliphatic heterocycles. The van der Waals surface area contributed by atoms with E-state index in [1.54, 1.807) is 6.26 Å². The lowest BCUT2D eigenvalue weighted by atomic mass is 10.1. The number of fused-ring (bicyclic) bond motifs is 1. The van der Waals surface area contributed by atoms with E-state index in [1.165, 1.54) is 0 Å². The minimum Gasteiger partial charge on any atom is -0.462 e. The van der Waals surface area contributed by atoms with E-state index in [4.69, 9.17) is 9.52 Å². The van der Waals surface area contributed by atoms with Crippen LogP contribution in [0, 0.1) is 5.92 Å². The summed E-state index contributed by atoms with van der Waals surface area (Å²) in [6.45, 7) is 3.08. The van der Waals surface area contributed by atoms with Gasteiger partial charge in [-0.05, 0) is 24.5 Å². The molecule has 0 saturated carbocycles. The first-order valence-electron chi connectivity index (χ1n) is 5.66. The van der Waals surface area contributed by atoms with Gasteiger partial charge in [0, 0.05) is 18.5 Å². The Morgan fingerprint density at radius 1 is 1.38 bits per heavy atom. The van der Waals surface area contributed by atoms with Gasteiger partial charge in [0.05, 0.1) is 5.69 Å². The van der Waals surface area contributed by atoms with E-state index in [9.17, 15) is 0 Å². The molecule has 2 aromatic rings. The van der Waals surface area contributed by atoms with E-state index in [0.717, 1.165) is 29.6 Å². The largest absolute Gasteiger partial charge is 0.462 e. The van der Waals surface area contributed by atoms with E-state index >= 15 is 0 Å². The van der Waals surface area contributed by atoms with Crippen molar-refractivity contribution >= 4 is 16.7 Å². The topological polar surface area (TPSA) is 45.4 Å². The van der Waals surface area contributed by atoms with Gasteiger partial charge in [0.1, 0.15) is 11.8 Å². The van der Waals surface area contributed by atoms with Crippen LogP contribution >= 0.6 is 0 Å². The highest BCUT2D eigenvalue weighted by molar-refractivity contribution is 5.90. The van der Waals surface area contributed by atoms with Crippen LogP contribution in [0.2, 0.25) is 0 Å². The maximum atomic E-state index is 9.10. The molecule has 0 fully saturated rings. The Labute approximate surface area is 95.1 Å². The molecule has 0 spiro atoms. The number of hydrogen-bond donors (Lipinski definition) is 2. The molecule has 0 aliphatic rings. The minimum atomic E-state index is 0.222. The van der Waals surface area contributed by atoms with E-state index in [0.29, 0.717) is 5.92 Å². The first-order chi connectivity index (χ1) is 7.85. The zero-order valence-corrected chi connectivity index (χ0v) is 9.44. The molecule has 0 saturated heterocycles. The summed E-state index contributed by atoms with van der Waals surface area (Å²) in [6, 6.07) is 7.93. The molecule has 2 rings (SSSR count). The number of benzene rings is 1. The Morgan fingerprint density at radius 2 is 2.19 bits per heavy atom. The van der Waals surface area contributed by atoms with Crippen molar-refractivity contribution in [2.75, 3.05) is 18.5 Å². The molecule has 2 N–H and O–H groups in total. The zero-order valence-electron chi connectivity index (χ0n) is 9.44. The second kappa shape index (κ2) is 5.03. The molecule has 0 aliphatic carbocycles. The van der Waals surface area contributed by atoms with Gasteiger partial charge in [-0.2, -0.15) is 0 Å². The predicted molar refractivity (Wildman–Crippen MR) is 65.6 cm³/mol. The summed E-state index contributed by atoms with van der Waals surface area (Å²) in [5.41, 5.74) is 1.89. The Morgan fingerprint density at radius 3 is 2.94 bits per heavy atom. The van der Waals surface area contributed by atoms with Crippen LogP contribution in [0.15, 0.2) is 34.9 Å². The summed E-state index contributed by atoms with van der Waals surface area (Å²) in [5, 5.41) is 13.5. The van der Waals surface area contributed by atoms with E-state index < -0.39 is 0 Å². The molecule has 1 heterocycles. The summed E-state index contributed by atoms with van der Waals surface area (Å²) in [4.78, 5) is 0. The summed E-state index contributed by atoms with van der Waals surface area (Å²) >= 11 is 0. The number of nitrogens with one attached hydrogen (secondary N) is 1. The van der Waals surface area contributed by atoms with Crippen LogP contribution < -0.4 is 5.32 Å². The third-order valence-electron chi connectivity index (χ3n) is 2.90. The molecule has 1 aromatic heterocycles. The van der Waals surface area contributed by atoms with Crippen LogP contribution in [-0.2, 0) is 0 Å². The quantitative estimate of drug-likeness (QED) is 0.812. The highest BCUT2D eigenvalue weighted by atomic mass is 16.3. The zero-order chi connectivity index (χ0) is 11.4. The summed E-state index contributed by atoms with van der Waals surface area (Å²) in [5.74, 6) is 0.300. The number of anilines is 1. The van der Waals surface area contributed by atoms with Gasteiger partial charge in [-0.15, -0.1) is 0 Å². The van der Waals surface area contributed by atoms with Gasteiger partial charge in [-0.1, -0.05) is 19.1 Å². The van der Waals surface area contributed by atoms with Gasteiger partial charge in [-0.3, -0.25) is 0 Å². The van der Waals surface area contributed by atoms with E-state index in [2.05, 4.69) is 12.2 Å². The second-order valence-corrected chi connectivity index (χ2v) is 3.98. The number of aliphatic hydroxyl groups excluding tert-OH is 1. The fourth-order valence-electron chi connectivity index (χ4n) is 1.71. The predicted octanol–water partition coefficient (Wildman–Crippen LogP) is 2.86. The molecule has 3 heteroatoms. The maximum Gasteiger partial charge on any atom is 0.136 e. The van der Waals surface area contributed by atoms with Crippen LogP contribution in [0.5, 0.6) is 0 Å². The summed E-state index contributed by atoms with van der Waals surface area (Å²) in [6.07, 6.45) is 2.70. The van der Waals surface area contributed by atoms with Gasteiger partial charge in [0.15, 0.2) is 0 Å². The molecule has 16 heavy (non-hydrogen) atoms. The molecule has 0 radical (unpaired) electrons. The third kappa shape index (κ3) is 2.19. The third-order valence-corrected chi connectivity index (χ3v) is 2.90. The second-order valence-electron chi connectivity index (χ2n) is 3.98. The van der Waals surface area contributed by atoms with Crippen LogP contribution in [0.1, 0.15) is 13.3 Å². The number of rotatable bonds is 5. The van der Waals surface area contributed by atoms with Crippen molar-refractivity contribution in [1.29, 1.82) is 0 Å². The monoisotopic (exact) mass is 219 g/mol. The molecular formula is C13H17NO2. The lowest BCUT2D eigenvalue weighted by Gasteiger charge is -2.12. The Balaban J connectivity index is 2.09. The Hall–Kier alpha value is -1.48. The Kier molecular flexibility index (Phi) is 3.47. The fourth-order valence-corrected chi connectivity index (χ4v) is 1.71. The summed E-state index contributed by atoms with van der Waals surface area (Å²) < 4.78 is 5.42. The number of hydrogen-bond acceptors (Lipinski definition) is 3. The SMILES string of the molecule is CCC(CO)CNc1coc2ccccc12. The summed E-state index contributed by atoms with van der Waals surface area (Å²) in [7, 11) is 0. The first kappa shape index (κ1) is 11.0. The molecule has 1 aromatic carbocycles. The molecule has 0 bridgehead atoms. The van der Waals surface area contributed by atoms with E-state index in [-0.39, 0.29) is 6.61 Å². The van der Waals surface area contributed by atoms with Crippen LogP contribution in [0.4, 0.5) is 5.69 Å². The number of furan rings is 1. The highest BCUT2D eigenvalue weighted by Gasteiger charge is 2.07. The molecule has 1 atom stereocenters. The normalized spacial score (nSPS) is 12.9. The maximum absolute atomic E-state index is 9.10.